The minimum atomic E-state index is -4.66. The van der Waals surface area contributed by atoms with E-state index in [1.807, 2.05) is 0 Å². The van der Waals surface area contributed by atoms with Crippen molar-refractivity contribution < 1.29 is 45.7 Å². The molecule has 2 atom stereocenters. The molecule has 2 aromatic carbocycles. The van der Waals surface area contributed by atoms with Crippen molar-refractivity contribution in [1.82, 2.24) is 0 Å². The summed E-state index contributed by atoms with van der Waals surface area (Å²) in [6, 6.07) is 4.68. The number of benzene rings is 2. The molecule has 0 radical (unpaired) electrons. The number of sulfone groups is 1. The van der Waals surface area contributed by atoms with Crippen LogP contribution in [0.3, 0.4) is 0 Å². The van der Waals surface area contributed by atoms with Gasteiger partial charge in [-0.2, -0.15) is 0 Å². The fourth-order valence-corrected chi connectivity index (χ4v) is 6.52. The molecular formula is C24H26B2F2O8S. The molecule has 0 saturated carbocycles. The van der Waals surface area contributed by atoms with Crippen molar-refractivity contribution >= 4 is 41.0 Å². The zero-order chi connectivity index (χ0) is 27.3. The molecule has 2 aromatic rings. The topological polar surface area (TPSA) is 108 Å². The summed E-state index contributed by atoms with van der Waals surface area (Å²) in [5, 5.41) is 9.67. The van der Waals surface area contributed by atoms with E-state index in [0.717, 1.165) is 30.3 Å². The Morgan fingerprint density at radius 3 is 1.95 bits per heavy atom. The Bertz CT molecular complexity index is 1450. The van der Waals surface area contributed by atoms with E-state index in [9.17, 15) is 18.3 Å². The highest BCUT2D eigenvalue weighted by Crippen LogP contribution is 2.49. The fourth-order valence-electron chi connectivity index (χ4n) is 5.10. The summed E-state index contributed by atoms with van der Waals surface area (Å²) in [6.45, 7) is 10.5. The lowest BCUT2D eigenvalue weighted by molar-refractivity contribution is -0.0967. The zero-order valence-electron chi connectivity index (χ0n) is 21.2. The van der Waals surface area contributed by atoms with Gasteiger partial charge in [-0.25, -0.2) is 22.0 Å². The second kappa shape index (κ2) is 7.86. The third kappa shape index (κ3) is 3.77. The van der Waals surface area contributed by atoms with Gasteiger partial charge >= 0.3 is 20.2 Å². The summed E-state index contributed by atoms with van der Waals surface area (Å²) >= 11 is 0. The van der Waals surface area contributed by atoms with Crippen molar-refractivity contribution in [3.63, 3.8) is 0 Å². The number of aromatic carboxylic acids is 1. The second-order valence-electron chi connectivity index (χ2n) is 11.2. The molecule has 2 unspecified atom stereocenters. The lowest BCUT2D eigenvalue weighted by atomic mass is 9.73. The number of carboxylic acid groups (broad SMARTS) is 1. The number of carbonyl (C=O) groups is 1. The van der Waals surface area contributed by atoms with E-state index in [2.05, 4.69) is 0 Å². The van der Waals surface area contributed by atoms with Crippen LogP contribution in [0.1, 0.15) is 58.3 Å². The van der Waals surface area contributed by atoms with E-state index in [-0.39, 0.29) is 17.3 Å². The van der Waals surface area contributed by atoms with Crippen molar-refractivity contribution in [3.8, 4) is 0 Å². The number of hydrogen-bond donors (Lipinski definition) is 1. The van der Waals surface area contributed by atoms with Gasteiger partial charge in [0, 0.05) is 17.3 Å². The van der Waals surface area contributed by atoms with Crippen LogP contribution in [0.2, 0.25) is 0 Å². The maximum Gasteiger partial charge on any atom is 0.497 e. The van der Waals surface area contributed by atoms with Crippen molar-refractivity contribution in [3.05, 3.63) is 47.5 Å². The summed E-state index contributed by atoms with van der Waals surface area (Å²) < 4.78 is 82.9. The molecule has 13 heteroatoms. The molecule has 0 aliphatic carbocycles. The van der Waals surface area contributed by atoms with Crippen LogP contribution in [0.15, 0.2) is 40.1 Å². The molecule has 0 amide bonds. The van der Waals surface area contributed by atoms with E-state index in [1.165, 1.54) is 0 Å². The average Bonchev–Trinajstić information content (AvgIpc) is 3.14. The lowest BCUT2D eigenvalue weighted by Crippen LogP contribution is -2.55. The molecule has 0 aromatic heterocycles. The normalized spacial score (nSPS) is 29.2. The van der Waals surface area contributed by atoms with Crippen LogP contribution >= 0.6 is 0 Å². The first-order valence-electron chi connectivity index (χ1n) is 11.7. The van der Waals surface area contributed by atoms with Gasteiger partial charge < -0.3 is 23.7 Å². The first-order valence-corrected chi connectivity index (χ1v) is 13.2. The molecule has 1 N–H and O–H groups in total. The Balaban J connectivity index is 1.84. The van der Waals surface area contributed by atoms with Gasteiger partial charge in [-0.3, -0.25) is 0 Å². The predicted molar refractivity (Wildman–Crippen MR) is 130 cm³/mol. The molecule has 5 rings (SSSR count). The van der Waals surface area contributed by atoms with Gasteiger partial charge in [0.1, 0.15) is 16.5 Å². The van der Waals surface area contributed by atoms with E-state index in [1.54, 1.807) is 41.5 Å². The summed E-state index contributed by atoms with van der Waals surface area (Å²) in [7, 11) is -7.35. The van der Waals surface area contributed by atoms with Crippen LogP contribution in [0.5, 0.6) is 0 Å². The van der Waals surface area contributed by atoms with Crippen molar-refractivity contribution in [2.24, 2.45) is 0 Å². The van der Waals surface area contributed by atoms with Crippen LogP contribution in [0.4, 0.5) is 8.78 Å². The van der Waals surface area contributed by atoms with Crippen LogP contribution in [0, 0.1) is 11.6 Å². The third-order valence-corrected chi connectivity index (χ3v) is 9.90. The first kappa shape index (κ1) is 26.3. The van der Waals surface area contributed by atoms with Gasteiger partial charge in [0.15, 0.2) is 0 Å². The summed E-state index contributed by atoms with van der Waals surface area (Å²) in [5.41, 5.74) is -5.30. The Hall–Kier alpha value is -2.31. The first-order chi connectivity index (χ1) is 16.9. The number of halogens is 2. The van der Waals surface area contributed by atoms with E-state index in [4.69, 9.17) is 18.6 Å². The molecule has 2 saturated heterocycles. The Kier molecular flexibility index (Phi) is 5.59. The molecule has 2 fully saturated rings. The Labute approximate surface area is 214 Å². The Morgan fingerprint density at radius 1 is 0.865 bits per heavy atom. The molecular weight excluding hydrogens is 508 g/mol. The summed E-state index contributed by atoms with van der Waals surface area (Å²) in [6.07, 6.45) is 0.166. The minimum Gasteiger partial charge on any atom is -0.478 e. The smallest absolute Gasteiger partial charge is 0.478 e. The van der Waals surface area contributed by atoms with Crippen molar-refractivity contribution in [2.45, 2.75) is 80.2 Å². The maximum atomic E-state index is 15.9. The standard InChI is InChI=1S/C24H26B2F2O8S/c1-21(2)23(5)12-24(6)22(3,4)34-26(36-24)16-9-13(20(29)30)10-18(19(16)28)37(31,32)14-7-8-17(27)15(11-14)25(33-21)35-23/h7-11H,12H2,1-6H3,(H,29,30). The number of carboxylic acids is 1. The average molecular weight is 534 g/mol. The quantitative estimate of drug-likeness (QED) is 0.440. The maximum absolute atomic E-state index is 15.9. The third-order valence-electron chi connectivity index (χ3n) is 8.15. The molecule has 3 aliphatic heterocycles. The fraction of sp³-hybridized carbons (Fsp3) is 0.458. The lowest BCUT2D eigenvalue weighted by Gasteiger charge is -2.45. The van der Waals surface area contributed by atoms with E-state index >= 15 is 8.78 Å². The molecule has 8 nitrogen and oxygen atoms in total. The van der Waals surface area contributed by atoms with Crippen molar-refractivity contribution in [2.75, 3.05) is 0 Å². The molecule has 0 spiro atoms. The number of fused-ring (bicyclic) bond motifs is 10. The molecule has 8 bridgehead atoms. The SMILES string of the molecule is CC1(C)OB2OC1(C)CC1(C)OB(OC1(C)C)c1cc(C(=O)O)cc(c1F)S(=O)(=O)c1ccc(F)c2c1. The number of rotatable bonds is 1. The highest BCUT2D eigenvalue weighted by molar-refractivity contribution is 7.91. The molecule has 196 valence electrons. The van der Waals surface area contributed by atoms with Gasteiger partial charge in [0.2, 0.25) is 9.84 Å². The monoisotopic (exact) mass is 534 g/mol. The summed E-state index contributed by atoms with van der Waals surface area (Å²) in [5.74, 6) is -3.45. The largest absolute Gasteiger partial charge is 0.497 e. The Morgan fingerprint density at radius 2 is 1.41 bits per heavy atom. The predicted octanol–water partition coefficient (Wildman–Crippen LogP) is 2.46. The minimum absolute atomic E-state index is 0.166. The highest BCUT2D eigenvalue weighted by atomic mass is 32.2. The van der Waals surface area contributed by atoms with Gasteiger partial charge in [-0.1, -0.05) is 0 Å². The van der Waals surface area contributed by atoms with Crippen molar-refractivity contribution in [1.29, 1.82) is 0 Å². The van der Waals surface area contributed by atoms with Gasteiger partial charge in [-0.15, -0.1) is 0 Å². The van der Waals surface area contributed by atoms with Gasteiger partial charge in [-0.05, 0) is 71.9 Å². The molecule has 37 heavy (non-hydrogen) atoms. The highest BCUT2D eigenvalue weighted by Gasteiger charge is 2.63. The number of hydrogen-bond acceptors (Lipinski definition) is 7. The second-order valence-corrected chi connectivity index (χ2v) is 13.1. The van der Waals surface area contributed by atoms with E-state index in [0.29, 0.717) is 0 Å². The zero-order valence-corrected chi connectivity index (χ0v) is 22.0. The van der Waals surface area contributed by atoms with Crippen LogP contribution in [-0.2, 0) is 28.5 Å². The molecule has 3 aliphatic rings. The van der Waals surface area contributed by atoms with Crippen LogP contribution in [0.25, 0.3) is 0 Å². The molecule has 3 heterocycles. The summed E-state index contributed by atoms with van der Waals surface area (Å²) in [4.78, 5) is 10.5. The van der Waals surface area contributed by atoms with E-state index < -0.39 is 79.4 Å². The van der Waals surface area contributed by atoms with Gasteiger partial charge in [0.25, 0.3) is 0 Å². The van der Waals surface area contributed by atoms with Crippen LogP contribution < -0.4 is 10.9 Å². The van der Waals surface area contributed by atoms with Crippen LogP contribution in [-0.4, -0.2) is 56.1 Å². The van der Waals surface area contributed by atoms with Gasteiger partial charge in [0.05, 0.1) is 32.9 Å².